The Bertz CT molecular complexity index is 1060. The molecule has 2 amide bonds. The molecule has 0 bridgehead atoms. The Morgan fingerprint density at radius 3 is 2.93 bits per heavy atom. The quantitative estimate of drug-likeness (QED) is 0.720. The molecule has 0 aliphatic carbocycles. The fourth-order valence-corrected chi connectivity index (χ4v) is 3.26. The minimum atomic E-state index is -0.440. The van der Waals surface area contributed by atoms with Gasteiger partial charge in [0.25, 0.3) is 5.91 Å². The molecule has 1 aliphatic heterocycles. The molecule has 3 aromatic rings. The molecular weight excluding hydrogens is 379 g/mol. The summed E-state index contributed by atoms with van der Waals surface area (Å²) in [4.78, 5) is 31.1. The van der Waals surface area contributed by atoms with Crippen LogP contribution in [0.1, 0.15) is 34.2 Å². The molecule has 0 atom stereocenters. The minimum Gasteiger partial charge on any atom is -0.339 e. The molecule has 4 rings (SSSR count). The van der Waals surface area contributed by atoms with Crippen molar-refractivity contribution < 1.29 is 18.5 Å². The average molecular weight is 398 g/mol. The smallest absolute Gasteiger partial charge is 0.259 e. The van der Waals surface area contributed by atoms with Gasteiger partial charge >= 0.3 is 0 Å². The zero-order chi connectivity index (χ0) is 20.4. The lowest BCUT2D eigenvalue weighted by Gasteiger charge is -2.19. The molecule has 2 aromatic heterocycles. The molecule has 1 aliphatic rings. The fourth-order valence-electron chi connectivity index (χ4n) is 3.26. The van der Waals surface area contributed by atoms with E-state index in [0.29, 0.717) is 42.3 Å². The molecule has 9 nitrogen and oxygen atoms in total. The van der Waals surface area contributed by atoms with Gasteiger partial charge in [0.1, 0.15) is 12.2 Å². The molecule has 0 spiro atoms. The zero-order valence-electron chi connectivity index (χ0n) is 15.8. The number of rotatable bonds is 4. The van der Waals surface area contributed by atoms with Gasteiger partial charge in [-0.1, -0.05) is 11.2 Å². The standard InChI is InChI=1S/C19H19FN6O3/c1-12-22-17(29-24-12)9-18(27)25-6-3-7-26-16(11-25)15(10-21-26)19(28)23-14-5-2-4-13(20)8-14/h2,4-5,8,10H,3,6-7,9,11H2,1H3,(H,23,28). The maximum Gasteiger partial charge on any atom is 0.259 e. The molecule has 3 heterocycles. The van der Waals surface area contributed by atoms with Crippen LogP contribution in [0.25, 0.3) is 0 Å². The van der Waals surface area contributed by atoms with Crippen molar-refractivity contribution in [3.05, 3.63) is 59.3 Å². The maximum absolute atomic E-state index is 13.4. The largest absolute Gasteiger partial charge is 0.339 e. The number of fused-ring (bicyclic) bond motifs is 1. The summed E-state index contributed by atoms with van der Waals surface area (Å²) in [5.74, 6) is -0.282. The van der Waals surface area contributed by atoms with Crippen LogP contribution in [-0.2, 0) is 24.3 Å². The summed E-state index contributed by atoms with van der Waals surface area (Å²) >= 11 is 0. The van der Waals surface area contributed by atoms with E-state index in [2.05, 4.69) is 20.6 Å². The van der Waals surface area contributed by atoms with Gasteiger partial charge in [0, 0.05) is 18.8 Å². The van der Waals surface area contributed by atoms with Crippen molar-refractivity contribution in [2.45, 2.75) is 32.9 Å². The van der Waals surface area contributed by atoms with E-state index in [1.165, 1.54) is 24.4 Å². The topological polar surface area (TPSA) is 106 Å². The van der Waals surface area contributed by atoms with Crippen molar-refractivity contribution in [3.8, 4) is 0 Å². The summed E-state index contributed by atoms with van der Waals surface area (Å²) in [6, 6.07) is 5.66. The summed E-state index contributed by atoms with van der Waals surface area (Å²) in [6.07, 6.45) is 2.17. The number of nitrogens with zero attached hydrogens (tertiary/aromatic N) is 5. The van der Waals surface area contributed by atoms with Crippen molar-refractivity contribution in [1.82, 2.24) is 24.8 Å². The van der Waals surface area contributed by atoms with E-state index >= 15 is 0 Å². The van der Waals surface area contributed by atoms with Gasteiger partial charge in [0.05, 0.1) is 24.0 Å². The summed E-state index contributed by atoms with van der Waals surface area (Å²) in [6.45, 7) is 3.04. The van der Waals surface area contributed by atoms with Crippen LogP contribution in [0.5, 0.6) is 0 Å². The molecule has 29 heavy (non-hydrogen) atoms. The minimum absolute atomic E-state index is 0.000199. The summed E-state index contributed by atoms with van der Waals surface area (Å²) in [7, 11) is 0. The SMILES string of the molecule is Cc1noc(CC(=O)N2CCCn3ncc(C(=O)Nc4cccc(F)c4)c3C2)n1. The number of halogens is 1. The lowest BCUT2D eigenvalue weighted by atomic mass is 10.2. The highest BCUT2D eigenvalue weighted by molar-refractivity contribution is 6.05. The molecule has 0 saturated heterocycles. The maximum atomic E-state index is 13.4. The van der Waals surface area contributed by atoms with Gasteiger partial charge in [-0.25, -0.2) is 4.39 Å². The second-order valence-electron chi connectivity index (χ2n) is 6.77. The van der Waals surface area contributed by atoms with Crippen LogP contribution >= 0.6 is 0 Å². The molecule has 150 valence electrons. The summed E-state index contributed by atoms with van der Waals surface area (Å²) < 4.78 is 20.1. The Morgan fingerprint density at radius 2 is 2.17 bits per heavy atom. The van der Waals surface area contributed by atoms with Crippen molar-refractivity contribution in [2.75, 3.05) is 11.9 Å². The summed E-state index contributed by atoms with van der Waals surface area (Å²) in [5.41, 5.74) is 1.33. The molecule has 0 unspecified atom stereocenters. The number of anilines is 1. The number of carbonyl (C=O) groups excluding carboxylic acids is 2. The molecule has 1 aromatic carbocycles. The Labute approximate surface area is 165 Å². The number of benzene rings is 1. The van der Waals surface area contributed by atoms with Crippen molar-refractivity contribution in [2.24, 2.45) is 0 Å². The van der Waals surface area contributed by atoms with Crippen LogP contribution < -0.4 is 5.32 Å². The highest BCUT2D eigenvalue weighted by atomic mass is 19.1. The third-order valence-corrected chi connectivity index (χ3v) is 4.64. The average Bonchev–Trinajstić information content (AvgIpc) is 3.20. The van der Waals surface area contributed by atoms with Gasteiger partial charge in [-0.05, 0) is 31.5 Å². The van der Waals surface area contributed by atoms with Crippen LogP contribution in [0.2, 0.25) is 0 Å². The van der Waals surface area contributed by atoms with Crippen molar-refractivity contribution in [1.29, 1.82) is 0 Å². The van der Waals surface area contributed by atoms with E-state index in [1.54, 1.807) is 22.6 Å². The van der Waals surface area contributed by atoms with E-state index in [1.807, 2.05) is 0 Å². The fraction of sp³-hybridized carbons (Fsp3) is 0.316. The number of nitrogens with one attached hydrogen (secondary N) is 1. The van der Waals surface area contributed by atoms with Gasteiger partial charge in [-0.2, -0.15) is 10.1 Å². The normalized spacial score (nSPS) is 13.7. The van der Waals surface area contributed by atoms with E-state index < -0.39 is 11.7 Å². The highest BCUT2D eigenvalue weighted by Crippen LogP contribution is 2.19. The zero-order valence-corrected chi connectivity index (χ0v) is 15.8. The lowest BCUT2D eigenvalue weighted by Crippen LogP contribution is -2.32. The third kappa shape index (κ3) is 4.15. The van der Waals surface area contributed by atoms with Crippen molar-refractivity contribution >= 4 is 17.5 Å². The van der Waals surface area contributed by atoms with Crippen LogP contribution in [0.15, 0.2) is 35.0 Å². The Hall–Kier alpha value is -3.56. The van der Waals surface area contributed by atoms with Crippen LogP contribution in [0, 0.1) is 12.7 Å². The first kappa shape index (κ1) is 18.8. The predicted octanol–water partition coefficient (Wildman–Crippen LogP) is 1.94. The van der Waals surface area contributed by atoms with E-state index in [0.717, 1.165) is 0 Å². The van der Waals surface area contributed by atoms with E-state index in [4.69, 9.17) is 4.52 Å². The second kappa shape index (κ2) is 7.82. The van der Waals surface area contributed by atoms with Crippen LogP contribution in [0.4, 0.5) is 10.1 Å². The van der Waals surface area contributed by atoms with E-state index in [-0.39, 0.29) is 24.8 Å². The Morgan fingerprint density at radius 1 is 1.31 bits per heavy atom. The highest BCUT2D eigenvalue weighted by Gasteiger charge is 2.26. The number of aromatic nitrogens is 4. The molecular formula is C19H19FN6O3. The number of aryl methyl sites for hydroxylation is 2. The first-order valence-corrected chi connectivity index (χ1v) is 9.18. The molecule has 1 N–H and O–H groups in total. The van der Waals surface area contributed by atoms with Gasteiger partial charge < -0.3 is 14.7 Å². The molecule has 0 radical (unpaired) electrons. The van der Waals surface area contributed by atoms with Crippen LogP contribution in [0.3, 0.4) is 0 Å². The Kier molecular flexibility index (Phi) is 5.07. The van der Waals surface area contributed by atoms with Crippen molar-refractivity contribution in [3.63, 3.8) is 0 Å². The number of carbonyl (C=O) groups is 2. The molecule has 0 fully saturated rings. The van der Waals surface area contributed by atoms with Gasteiger partial charge in [0.2, 0.25) is 11.8 Å². The molecule has 10 heteroatoms. The molecule has 0 saturated carbocycles. The predicted molar refractivity (Wildman–Crippen MR) is 99.4 cm³/mol. The van der Waals surface area contributed by atoms with E-state index in [9.17, 15) is 14.0 Å². The monoisotopic (exact) mass is 398 g/mol. The number of hydrogen-bond donors (Lipinski definition) is 1. The third-order valence-electron chi connectivity index (χ3n) is 4.64. The first-order valence-electron chi connectivity index (χ1n) is 9.18. The van der Waals surface area contributed by atoms with Gasteiger partial charge in [-0.15, -0.1) is 0 Å². The number of amides is 2. The van der Waals surface area contributed by atoms with Gasteiger partial charge in [0.15, 0.2) is 5.82 Å². The van der Waals surface area contributed by atoms with Crippen LogP contribution in [-0.4, -0.2) is 43.2 Å². The second-order valence-corrected chi connectivity index (χ2v) is 6.77. The first-order chi connectivity index (χ1) is 14.0. The Balaban J connectivity index is 1.51. The van der Waals surface area contributed by atoms with Gasteiger partial charge in [-0.3, -0.25) is 14.3 Å². The number of hydrogen-bond acceptors (Lipinski definition) is 6. The lowest BCUT2D eigenvalue weighted by molar-refractivity contribution is -0.131. The summed E-state index contributed by atoms with van der Waals surface area (Å²) in [5, 5.41) is 10.6.